The van der Waals surface area contributed by atoms with Gasteiger partial charge in [0.05, 0.1) is 17.4 Å². The van der Waals surface area contributed by atoms with Gasteiger partial charge in [-0.05, 0) is 13.8 Å². The fourth-order valence-electron chi connectivity index (χ4n) is 2.50. The average Bonchev–Trinajstić information content (AvgIpc) is 2.81. The lowest BCUT2D eigenvalue weighted by Gasteiger charge is -2.21. The molecule has 1 aromatic rings. The molecule has 1 aromatic heterocycles. The second-order valence-electron chi connectivity index (χ2n) is 4.87. The normalized spacial score (nSPS) is 22.8. The van der Waals surface area contributed by atoms with Gasteiger partial charge in [-0.2, -0.15) is 5.10 Å². The van der Waals surface area contributed by atoms with Crippen molar-refractivity contribution in [2.45, 2.75) is 32.4 Å². The quantitative estimate of drug-likeness (QED) is 0.766. The number of aliphatic hydroxyl groups is 1. The summed E-state index contributed by atoms with van der Waals surface area (Å²) in [6, 6.07) is -0.971. The minimum Gasteiger partial charge on any atom is -0.480 e. The summed E-state index contributed by atoms with van der Waals surface area (Å²) in [5, 5.41) is 22.8. The van der Waals surface area contributed by atoms with Crippen molar-refractivity contribution in [2.24, 2.45) is 7.05 Å². The molecule has 1 aliphatic heterocycles. The summed E-state index contributed by atoms with van der Waals surface area (Å²) in [5.41, 5.74) is 1.67. The number of carboxylic acids is 1. The molecule has 7 nitrogen and oxygen atoms in total. The van der Waals surface area contributed by atoms with Crippen LogP contribution in [0.2, 0.25) is 0 Å². The Kier molecular flexibility index (Phi) is 3.32. The van der Waals surface area contributed by atoms with E-state index in [2.05, 4.69) is 5.10 Å². The topological polar surface area (TPSA) is 95.7 Å². The first-order chi connectivity index (χ1) is 8.82. The molecule has 2 atom stereocenters. The number of β-amino-alcohol motifs (C(OH)–C–C–N with tert-alkyl or cyclic N) is 1. The minimum absolute atomic E-state index is 0.0452. The summed E-state index contributed by atoms with van der Waals surface area (Å²) >= 11 is 0. The number of aliphatic carboxylic acids is 1. The summed E-state index contributed by atoms with van der Waals surface area (Å²) in [6.07, 6.45) is -0.721. The number of carboxylic acid groups (broad SMARTS) is 1. The molecule has 104 valence electrons. The van der Waals surface area contributed by atoms with Gasteiger partial charge in [0, 0.05) is 25.7 Å². The number of carbonyl (C=O) groups excluding carboxylic acids is 1. The molecule has 7 heteroatoms. The Labute approximate surface area is 110 Å². The number of hydrogen-bond donors (Lipinski definition) is 2. The maximum Gasteiger partial charge on any atom is 0.326 e. The molecule has 2 heterocycles. The molecule has 0 aliphatic carbocycles. The van der Waals surface area contributed by atoms with Crippen LogP contribution in [0.15, 0.2) is 0 Å². The van der Waals surface area contributed by atoms with E-state index >= 15 is 0 Å². The lowest BCUT2D eigenvalue weighted by atomic mass is 10.1. The van der Waals surface area contributed by atoms with Crippen molar-refractivity contribution in [3.05, 3.63) is 17.0 Å². The molecule has 0 bridgehead atoms. The van der Waals surface area contributed by atoms with Gasteiger partial charge in [-0.15, -0.1) is 0 Å². The van der Waals surface area contributed by atoms with E-state index in [1.807, 2.05) is 0 Å². The molecule has 0 saturated carbocycles. The number of hydrogen-bond acceptors (Lipinski definition) is 4. The fourth-order valence-corrected chi connectivity index (χ4v) is 2.50. The standard InChI is InChI=1S/C12H17N3O4/c1-6-10(7(2)14(3)13-6)11(17)15-5-8(16)4-9(15)12(18)19/h8-9,16H,4-5H2,1-3H3,(H,18,19)/t8?,9-/m0/s1. The van der Waals surface area contributed by atoms with Crippen LogP contribution in [0, 0.1) is 13.8 Å². The van der Waals surface area contributed by atoms with Crippen LogP contribution in [0.1, 0.15) is 28.2 Å². The smallest absolute Gasteiger partial charge is 0.326 e. The van der Waals surface area contributed by atoms with Crippen LogP contribution in [-0.2, 0) is 11.8 Å². The van der Waals surface area contributed by atoms with Gasteiger partial charge >= 0.3 is 5.97 Å². The van der Waals surface area contributed by atoms with Gasteiger partial charge < -0.3 is 15.1 Å². The number of aliphatic hydroxyl groups excluding tert-OH is 1. The SMILES string of the molecule is Cc1nn(C)c(C)c1C(=O)N1CC(O)C[C@H]1C(=O)O. The number of rotatable bonds is 2. The first-order valence-electron chi connectivity index (χ1n) is 6.05. The van der Waals surface area contributed by atoms with Crippen LogP contribution in [0.4, 0.5) is 0 Å². The zero-order chi connectivity index (χ0) is 14.3. The second-order valence-corrected chi connectivity index (χ2v) is 4.87. The molecule has 0 spiro atoms. The molecule has 0 aromatic carbocycles. The Morgan fingerprint density at radius 2 is 2.00 bits per heavy atom. The van der Waals surface area contributed by atoms with Gasteiger partial charge in [0.2, 0.25) is 0 Å². The first-order valence-corrected chi connectivity index (χ1v) is 6.05. The largest absolute Gasteiger partial charge is 0.480 e. The first kappa shape index (κ1) is 13.5. The molecule has 1 amide bonds. The van der Waals surface area contributed by atoms with Crippen molar-refractivity contribution in [1.82, 2.24) is 14.7 Å². The maximum atomic E-state index is 12.5. The van der Waals surface area contributed by atoms with Crippen molar-refractivity contribution in [3.8, 4) is 0 Å². The Hall–Kier alpha value is -1.89. The lowest BCUT2D eigenvalue weighted by molar-refractivity contribution is -0.141. The highest BCUT2D eigenvalue weighted by atomic mass is 16.4. The zero-order valence-corrected chi connectivity index (χ0v) is 11.1. The molecule has 1 fully saturated rings. The summed E-state index contributed by atoms with van der Waals surface area (Å²) in [6.45, 7) is 3.52. The zero-order valence-electron chi connectivity index (χ0n) is 11.1. The molecule has 0 radical (unpaired) electrons. The van der Waals surface area contributed by atoms with Crippen LogP contribution >= 0.6 is 0 Å². The van der Waals surface area contributed by atoms with Gasteiger partial charge in [0.1, 0.15) is 6.04 Å². The monoisotopic (exact) mass is 267 g/mol. The van der Waals surface area contributed by atoms with Gasteiger partial charge in [-0.25, -0.2) is 4.79 Å². The molecule has 19 heavy (non-hydrogen) atoms. The average molecular weight is 267 g/mol. The fraction of sp³-hybridized carbons (Fsp3) is 0.583. The highest BCUT2D eigenvalue weighted by Gasteiger charge is 2.40. The molecule has 1 aliphatic rings. The predicted octanol–water partition coefficient (Wildman–Crippen LogP) is -0.303. The van der Waals surface area contributed by atoms with E-state index in [-0.39, 0.29) is 18.9 Å². The third kappa shape index (κ3) is 2.21. The predicted molar refractivity (Wildman–Crippen MR) is 65.8 cm³/mol. The molecule has 2 N–H and O–H groups in total. The number of likely N-dealkylation sites (tertiary alicyclic amines) is 1. The summed E-state index contributed by atoms with van der Waals surface area (Å²) in [5.74, 6) is -1.48. The van der Waals surface area contributed by atoms with Crippen LogP contribution in [0.5, 0.6) is 0 Å². The van der Waals surface area contributed by atoms with Crippen molar-refractivity contribution < 1.29 is 19.8 Å². The third-order valence-corrected chi connectivity index (χ3v) is 3.55. The number of aryl methyl sites for hydroxylation is 2. The van der Waals surface area contributed by atoms with E-state index < -0.39 is 18.1 Å². The van der Waals surface area contributed by atoms with Gasteiger partial charge in [0.15, 0.2) is 0 Å². The Balaban J connectivity index is 2.36. The summed E-state index contributed by atoms with van der Waals surface area (Å²) < 4.78 is 1.59. The van der Waals surface area contributed by atoms with Crippen LogP contribution in [0.25, 0.3) is 0 Å². The number of amides is 1. The van der Waals surface area contributed by atoms with Gasteiger partial charge in [-0.3, -0.25) is 9.48 Å². The number of aromatic nitrogens is 2. The molecule has 1 saturated heterocycles. The Morgan fingerprint density at radius 1 is 1.37 bits per heavy atom. The summed E-state index contributed by atoms with van der Waals surface area (Å²) in [4.78, 5) is 24.8. The van der Waals surface area contributed by atoms with Gasteiger partial charge in [0.25, 0.3) is 5.91 Å². The van der Waals surface area contributed by atoms with E-state index in [4.69, 9.17) is 5.11 Å². The third-order valence-electron chi connectivity index (χ3n) is 3.55. The van der Waals surface area contributed by atoms with Crippen LogP contribution in [0.3, 0.4) is 0 Å². The van der Waals surface area contributed by atoms with Crippen molar-refractivity contribution in [1.29, 1.82) is 0 Å². The van der Waals surface area contributed by atoms with Crippen molar-refractivity contribution in [2.75, 3.05) is 6.54 Å². The molecular weight excluding hydrogens is 250 g/mol. The number of carbonyl (C=O) groups is 2. The minimum atomic E-state index is -1.09. The van der Waals surface area contributed by atoms with Crippen LogP contribution < -0.4 is 0 Å². The van der Waals surface area contributed by atoms with Crippen molar-refractivity contribution in [3.63, 3.8) is 0 Å². The van der Waals surface area contributed by atoms with E-state index in [0.29, 0.717) is 17.0 Å². The van der Waals surface area contributed by atoms with E-state index in [1.165, 1.54) is 4.90 Å². The summed E-state index contributed by atoms with van der Waals surface area (Å²) in [7, 11) is 1.73. The highest BCUT2D eigenvalue weighted by Crippen LogP contribution is 2.23. The Bertz CT molecular complexity index is 537. The van der Waals surface area contributed by atoms with Crippen LogP contribution in [-0.4, -0.2) is 55.5 Å². The van der Waals surface area contributed by atoms with E-state index in [0.717, 1.165) is 0 Å². The van der Waals surface area contributed by atoms with E-state index in [1.54, 1.807) is 25.6 Å². The Morgan fingerprint density at radius 3 is 2.47 bits per heavy atom. The highest BCUT2D eigenvalue weighted by molar-refractivity contribution is 5.98. The van der Waals surface area contributed by atoms with E-state index in [9.17, 15) is 14.7 Å². The molecule has 1 unspecified atom stereocenters. The second kappa shape index (κ2) is 4.65. The maximum absolute atomic E-state index is 12.5. The molecular formula is C12H17N3O4. The number of nitrogens with zero attached hydrogens (tertiary/aromatic N) is 3. The lowest BCUT2D eigenvalue weighted by Crippen LogP contribution is -2.41. The van der Waals surface area contributed by atoms with Gasteiger partial charge in [-0.1, -0.05) is 0 Å². The van der Waals surface area contributed by atoms with Crippen molar-refractivity contribution >= 4 is 11.9 Å². The molecule has 2 rings (SSSR count).